The van der Waals surface area contributed by atoms with Crippen molar-refractivity contribution in [1.82, 2.24) is 10.2 Å². The summed E-state index contributed by atoms with van der Waals surface area (Å²) in [5.41, 5.74) is 3.21. The van der Waals surface area contributed by atoms with Gasteiger partial charge in [0, 0.05) is 26.6 Å². The molecule has 0 aliphatic carbocycles. The van der Waals surface area contributed by atoms with Gasteiger partial charge in [-0.25, -0.2) is 0 Å². The zero-order valence-corrected chi connectivity index (χ0v) is 18.1. The molecule has 3 rings (SSSR count). The molecule has 8 heteroatoms. The Hall–Kier alpha value is -0.690. The van der Waals surface area contributed by atoms with E-state index in [1.165, 1.54) is 5.56 Å². The summed E-state index contributed by atoms with van der Waals surface area (Å²) < 4.78 is 1.82. The van der Waals surface area contributed by atoms with E-state index in [4.69, 9.17) is 34.8 Å². The molecule has 2 aromatic carbocycles. The smallest absolute Gasteiger partial charge is 0.131 e. The van der Waals surface area contributed by atoms with Crippen LogP contribution >= 0.6 is 69.7 Å². The Morgan fingerprint density at radius 3 is 2.08 bits per heavy atom. The molecule has 1 aromatic heterocycles. The van der Waals surface area contributed by atoms with Gasteiger partial charge in [0.25, 0.3) is 0 Å². The SMILES string of the molecule is C=Cc1ccc(CSc2nnc(SCc3c(Cl)cc(Cl)cc3Cl)s2)cc1. The van der Waals surface area contributed by atoms with Gasteiger partial charge < -0.3 is 0 Å². The maximum Gasteiger partial charge on any atom is 0.175 e. The van der Waals surface area contributed by atoms with Crippen LogP contribution in [0.4, 0.5) is 0 Å². The first-order valence-electron chi connectivity index (χ1n) is 7.49. The van der Waals surface area contributed by atoms with Crippen LogP contribution in [0.25, 0.3) is 6.08 Å². The van der Waals surface area contributed by atoms with E-state index in [0.717, 1.165) is 25.6 Å². The highest BCUT2D eigenvalue weighted by atomic mass is 35.5. The first-order chi connectivity index (χ1) is 12.5. The Balaban J connectivity index is 1.57. The lowest BCUT2D eigenvalue weighted by Crippen LogP contribution is -1.85. The molecule has 0 bridgehead atoms. The van der Waals surface area contributed by atoms with E-state index >= 15 is 0 Å². The van der Waals surface area contributed by atoms with E-state index in [2.05, 4.69) is 41.0 Å². The first-order valence-corrected chi connectivity index (χ1v) is 11.4. The van der Waals surface area contributed by atoms with Gasteiger partial charge in [0.1, 0.15) is 0 Å². The van der Waals surface area contributed by atoms with Gasteiger partial charge in [-0.2, -0.15) is 0 Å². The zero-order valence-electron chi connectivity index (χ0n) is 13.4. The van der Waals surface area contributed by atoms with Crippen LogP contribution in [0.1, 0.15) is 16.7 Å². The van der Waals surface area contributed by atoms with E-state index in [-0.39, 0.29) is 0 Å². The summed E-state index contributed by atoms with van der Waals surface area (Å²) in [6.07, 6.45) is 1.84. The molecule has 0 N–H and O–H groups in total. The Labute approximate surface area is 180 Å². The average molecular weight is 460 g/mol. The summed E-state index contributed by atoms with van der Waals surface area (Å²) >= 11 is 23.2. The normalized spacial score (nSPS) is 10.9. The summed E-state index contributed by atoms with van der Waals surface area (Å²) in [4.78, 5) is 0. The van der Waals surface area contributed by atoms with Crippen LogP contribution in [0.5, 0.6) is 0 Å². The van der Waals surface area contributed by atoms with Crippen molar-refractivity contribution in [2.75, 3.05) is 0 Å². The van der Waals surface area contributed by atoms with E-state index in [0.29, 0.717) is 20.8 Å². The van der Waals surface area contributed by atoms with Gasteiger partial charge in [-0.1, -0.05) is 107 Å². The highest BCUT2D eigenvalue weighted by Crippen LogP contribution is 2.36. The van der Waals surface area contributed by atoms with E-state index in [9.17, 15) is 0 Å². The fourth-order valence-corrected chi connectivity index (χ4v) is 6.19. The third-order valence-corrected chi connectivity index (χ3v) is 7.59. The Morgan fingerprint density at radius 1 is 0.923 bits per heavy atom. The van der Waals surface area contributed by atoms with Crippen molar-refractivity contribution in [2.24, 2.45) is 0 Å². The highest BCUT2D eigenvalue weighted by Gasteiger charge is 2.11. The lowest BCUT2D eigenvalue weighted by Gasteiger charge is -2.05. The summed E-state index contributed by atoms with van der Waals surface area (Å²) in [6.45, 7) is 3.76. The lowest BCUT2D eigenvalue weighted by molar-refractivity contribution is 0.954. The zero-order chi connectivity index (χ0) is 18.5. The van der Waals surface area contributed by atoms with Crippen molar-refractivity contribution in [2.45, 2.75) is 20.2 Å². The van der Waals surface area contributed by atoms with Crippen LogP contribution in [0.2, 0.25) is 15.1 Å². The molecule has 2 nitrogen and oxygen atoms in total. The van der Waals surface area contributed by atoms with Gasteiger partial charge in [0.15, 0.2) is 8.68 Å². The second-order valence-corrected chi connectivity index (χ2v) is 9.88. The molecule has 3 aromatic rings. The quantitative estimate of drug-likeness (QED) is 0.338. The number of hydrogen-bond donors (Lipinski definition) is 0. The standard InChI is InChI=1S/C18H13Cl3N2S3/c1-2-11-3-5-12(6-4-11)9-24-17-22-23-18(26-17)25-10-14-15(20)7-13(19)8-16(14)21/h2-8H,1,9-10H2. The molecule has 1 heterocycles. The largest absolute Gasteiger partial charge is 0.175 e. The van der Waals surface area contributed by atoms with E-state index in [1.807, 2.05) is 6.08 Å². The molecule has 0 saturated carbocycles. The number of rotatable bonds is 7. The maximum absolute atomic E-state index is 6.22. The molecule has 0 fully saturated rings. The van der Waals surface area contributed by atoms with Gasteiger partial charge >= 0.3 is 0 Å². The van der Waals surface area contributed by atoms with E-state index in [1.54, 1.807) is 47.0 Å². The number of thioether (sulfide) groups is 2. The highest BCUT2D eigenvalue weighted by molar-refractivity contribution is 8.02. The van der Waals surface area contributed by atoms with Crippen molar-refractivity contribution < 1.29 is 0 Å². The average Bonchev–Trinajstić information content (AvgIpc) is 3.07. The minimum absolute atomic E-state index is 0.532. The fourth-order valence-electron chi connectivity index (χ4n) is 2.05. The molecule has 0 aliphatic rings. The van der Waals surface area contributed by atoms with Crippen LogP contribution in [-0.2, 0) is 11.5 Å². The second-order valence-electron chi connectivity index (χ2n) is 5.20. The van der Waals surface area contributed by atoms with Gasteiger partial charge in [0.2, 0.25) is 0 Å². The summed E-state index contributed by atoms with van der Waals surface area (Å²) in [5, 5.41) is 10.1. The van der Waals surface area contributed by atoms with Gasteiger partial charge in [-0.05, 0) is 28.8 Å². The number of benzene rings is 2. The Bertz CT molecular complexity index is 887. The van der Waals surface area contributed by atoms with Crippen LogP contribution in [0.3, 0.4) is 0 Å². The molecule has 0 unspecified atom stereocenters. The third-order valence-electron chi connectivity index (χ3n) is 3.41. The topological polar surface area (TPSA) is 25.8 Å². The van der Waals surface area contributed by atoms with Crippen LogP contribution < -0.4 is 0 Å². The summed E-state index contributed by atoms with van der Waals surface area (Å²) in [7, 11) is 0. The number of aromatic nitrogens is 2. The molecule has 0 saturated heterocycles. The van der Waals surface area contributed by atoms with Crippen molar-refractivity contribution in [1.29, 1.82) is 0 Å². The lowest BCUT2D eigenvalue weighted by atomic mass is 10.1. The van der Waals surface area contributed by atoms with Crippen molar-refractivity contribution >= 4 is 75.7 Å². The van der Waals surface area contributed by atoms with Crippen molar-refractivity contribution in [3.63, 3.8) is 0 Å². The molecule has 0 aliphatic heterocycles. The maximum atomic E-state index is 6.22. The minimum atomic E-state index is 0.532. The van der Waals surface area contributed by atoms with Crippen molar-refractivity contribution in [3.8, 4) is 0 Å². The van der Waals surface area contributed by atoms with Crippen LogP contribution in [-0.4, -0.2) is 10.2 Å². The first kappa shape index (κ1) is 20.1. The predicted octanol–water partition coefficient (Wildman–Crippen LogP) is 7.73. The van der Waals surface area contributed by atoms with E-state index < -0.39 is 0 Å². The van der Waals surface area contributed by atoms with Crippen LogP contribution in [0, 0.1) is 0 Å². The Kier molecular flexibility index (Phi) is 7.32. The molecule has 0 atom stereocenters. The Morgan fingerprint density at radius 2 is 1.50 bits per heavy atom. The molecule has 134 valence electrons. The van der Waals surface area contributed by atoms with Gasteiger partial charge in [-0.15, -0.1) is 10.2 Å². The number of halogens is 3. The summed E-state index contributed by atoms with van der Waals surface area (Å²) in [5.74, 6) is 1.47. The van der Waals surface area contributed by atoms with Crippen LogP contribution in [0.15, 0.2) is 51.7 Å². The third kappa shape index (κ3) is 5.41. The van der Waals surface area contributed by atoms with Crippen molar-refractivity contribution in [3.05, 3.63) is 74.7 Å². The molecule has 0 radical (unpaired) electrons. The molecule has 0 spiro atoms. The fraction of sp³-hybridized carbons (Fsp3) is 0.111. The summed E-state index contributed by atoms with van der Waals surface area (Å²) in [6, 6.07) is 11.7. The molecular formula is C18H13Cl3N2S3. The van der Waals surface area contributed by atoms with Gasteiger partial charge in [-0.3, -0.25) is 0 Å². The number of nitrogens with zero attached hydrogens (tertiary/aromatic N) is 2. The molecule has 26 heavy (non-hydrogen) atoms. The second kappa shape index (κ2) is 9.49. The molecular weight excluding hydrogens is 447 g/mol. The predicted molar refractivity (Wildman–Crippen MR) is 117 cm³/mol. The monoisotopic (exact) mass is 458 g/mol. The van der Waals surface area contributed by atoms with Gasteiger partial charge in [0.05, 0.1) is 0 Å². The molecule has 0 amide bonds. The minimum Gasteiger partial charge on any atom is -0.131 e. The number of hydrogen-bond acceptors (Lipinski definition) is 5.